The first kappa shape index (κ1) is 18.6. The lowest BCUT2D eigenvalue weighted by Gasteiger charge is -2.44. The highest BCUT2D eigenvalue weighted by molar-refractivity contribution is 7.83. The maximum Gasteiger partial charge on any atom is 0.333 e. The van der Waals surface area contributed by atoms with Crippen LogP contribution in [-0.2, 0) is 10.3 Å². The third-order valence-electron chi connectivity index (χ3n) is 4.14. The Morgan fingerprint density at radius 3 is 1.88 bits per heavy atom. The fraction of sp³-hybridized carbons (Fsp3) is 0.333. The summed E-state index contributed by atoms with van der Waals surface area (Å²) in [5, 5.41) is 0. The smallest absolute Gasteiger partial charge is 0.292 e. The highest BCUT2D eigenvalue weighted by Crippen LogP contribution is 2.33. The van der Waals surface area contributed by atoms with E-state index in [0.717, 1.165) is 13.1 Å². The zero-order chi connectivity index (χ0) is 16.3. The first-order valence-electron chi connectivity index (χ1n) is 7.59. The first-order valence-corrected chi connectivity index (χ1v) is 9.03. The molecule has 0 amide bonds. The van der Waals surface area contributed by atoms with E-state index in [1.165, 1.54) is 11.1 Å². The van der Waals surface area contributed by atoms with Crippen LogP contribution in [0.1, 0.15) is 24.6 Å². The van der Waals surface area contributed by atoms with Gasteiger partial charge in [0.1, 0.15) is 0 Å². The zero-order valence-electron chi connectivity index (χ0n) is 12.7. The van der Waals surface area contributed by atoms with Crippen molar-refractivity contribution in [3.8, 4) is 0 Å². The maximum atomic E-state index is 10.8. The van der Waals surface area contributed by atoms with Gasteiger partial charge in [0.25, 0.3) is 0 Å². The Kier molecular flexibility index (Phi) is 6.12. The summed E-state index contributed by atoms with van der Waals surface area (Å²) in [6.07, 6.45) is 0. The van der Waals surface area contributed by atoms with Crippen molar-refractivity contribution in [1.82, 2.24) is 9.62 Å². The molecule has 1 saturated heterocycles. The topological polar surface area (TPSA) is 69.6 Å². The van der Waals surface area contributed by atoms with E-state index in [9.17, 15) is 8.42 Å². The molecule has 0 spiro atoms. The summed E-state index contributed by atoms with van der Waals surface area (Å²) in [5.41, 5.74) is 2.44. The third kappa shape index (κ3) is 4.64. The van der Waals surface area contributed by atoms with Gasteiger partial charge in [-0.25, -0.2) is 0 Å². The molecule has 24 heavy (non-hydrogen) atoms. The molecule has 6 heteroatoms. The molecule has 0 radical (unpaired) electrons. The highest BCUT2D eigenvalue weighted by Gasteiger charge is 2.34. The summed E-state index contributed by atoms with van der Waals surface area (Å²) in [6, 6.07) is 20.7. The number of rotatable bonds is 6. The van der Waals surface area contributed by atoms with E-state index in [1.807, 2.05) is 36.4 Å². The average molecular weight is 348 g/mol. The first-order chi connectivity index (χ1) is 11.0. The number of nitrogens with zero attached hydrogens (tertiary/aromatic N) is 1. The molecule has 0 saturated carbocycles. The van der Waals surface area contributed by atoms with Crippen molar-refractivity contribution in [1.29, 1.82) is 0 Å². The van der Waals surface area contributed by atoms with Crippen LogP contribution in [0, 0.1) is 5.92 Å². The van der Waals surface area contributed by atoms with Gasteiger partial charge in [-0.3, -0.25) is 9.45 Å². The molecule has 0 aliphatic carbocycles. The SMILES string of the molecule is C.O=S(=O)(O)NCC1CN(C(c2ccccc2)c2ccccc2)C1. The number of nitrogens with one attached hydrogen (secondary N) is 1. The summed E-state index contributed by atoms with van der Waals surface area (Å²) >= 11 is 0. The molecule has 2 N–H and O–H groups in total. The lowest BCUT2D eigenvalue weighted by molar-refractivity contribution is 0.0712. The van der Waals surface area contributed by atoms with Gasteiger partial charge in [-0.05, 0) is 17.0 Å². The second kappa shape index (κ2) is 7.90. The van der Waals surface area contributed by atoms with Gasteiger partial charge in [0.15, 0.2) is 0 Å². The Morgan fingerprint density at radius 1 is 1.00 bits per heavy atom. The van der Waals surface area contributed by atoms with Gasteiger partial charge in [-0.1, -0.05) is 68.1 Å². The summed E-state index contributed by atoms with van der Waals surface area (Å²) in [7, 11) is -4.11. The van der Waals surface area contributed by atoms with Crippen molar-refractivity contribution in [3.05, 3.63) is 71.8 Å². The fourth-order valence-electron chi connectivity index (χ4n) is 3.06. The van der Waals surface area contributed by atoms with Crippen LogP contribution in [0.2, 0.25) is 0 Å². The Balaban J connectivity index is 0.00000208. The Morgan fingerprint density at radius 2 is 1.46 bits per heavy atom. The van der Waals surface area contributed by atoms with Crippen LogP contribution in [0.4, 0.5) is 0 Å². The predicted octanol–water partition coefficient (Wildman–Crippen LogP) is 2.74. The summed E-state index contributed by atoms with van der Waals surface area (Å²) < 4.78 is 32.5. The van der Waals surface area contributed by atoms with Crippen LogP contribution in [0.3, 0.4) is 0 Å². The zero-order valence-corrected chi connectivity index (χ0v) is 13.5. The van der Waals surface area contributed by atoms with E-state index in [0.29, 0.717) is 0 Å². The largest absolute Gasteiger partial charge is 0.333 e. The Hall–Kier alpha value is -1.73. The molecule has 1 aliphatic rings. The lowest BCUT2D eigenvalue weighted by atomic mass is 9.90. The van der Waals surface area contributed by atoms with Gasteiger partial charge in [-0.2, -0.15) is 13.1 Å². The van der Waals surface area contributed by atoms with Gasteiger partial charge >= 0.3 is 10.3 Å². The van der Waals surface area contributed by atoms with E-state index in [-0.39, 0.29) is 25.9 Å². The summed E-state index contributed by atoms with van der Waals surface area (Å²) in [4.78, 5) is 2.32. The second-order valence-corrected chi connectivity index (χ2v) is 7.11. The lowest BCUT2D eigenvalue weighted by Crippen LogP contribution is -2.52. The van der Waals surface area contributed by atoms with E-state index in [4.69, 9.17) is 4.55 Å². The normalized spacial score (nSPS) is 15.8. The predicted molar refractivity (Wildman–Crippen MR) is 96.1 cm³/mol. The van der Waals surface area contributed by atoms with Gasteiger partial charge in [0, 0.05) is 19.6 Å². The van der Waals surface area contributed by atoms with Gasteiger partial charge in [-0.15, -0.1) is 0 Å². The average Bonchev–Trinajstić information content (AvgIpc) is 2.50. The molecule has 2 aromatic rings. The Labute approximate surface area is 144 Å². The molecule has 3 rings (SSSR count). The number of hydrogen-bond donors (Lipinski definition) is 2. The van der Waals surface area contributed by atoms with Crippen LogP contribution >= 0.6 is 0 Å². The van der Waals surface area contributed by atoms with Crippen molar-refractivity contribution in [2.75, 3.05) is 19.6 Å². The van der Waals surface area contributed by atoms with E-state index >= 15 is 0 Å². The third-order valence-corrected chi connectivity index (χ3v) is 4.67. The van der Waals surface area contributed by atoms with Gasteiger partial charge < -0.3 is 0 Å². The van der Waals surface area contributed by atoms with Crippen LogP contribution in [0.25, 0.3) is 0 Å². The summed E-state index contributed by atoms with van der Waals surface area (Å²) in [5.74, 6) is 0.215. The molecule has 0 bridgehead atoms. The molecule has 0 atom stereocenters. The molecule has 1 fully saturated rings. The van der Waals surface area contributed by atoms with Crippen LogP contribution < -0.4 is 4.72 Å². The second-order valence-electron chi connectivity index (χ2n) is 5.87. The summed E-state index contributed by atoms with van der Waals surface area (Å²) in [6.45, 7) is 1.85. The minimum absolute atomic E-state index is 0. The van der Waals surface area contributed by atoms with Crippen LogP contribution in [-0.4, -0.2) is 37.5 Å². The van der Waals surface area contributed by atoms with Crippen molar-refractivity contribution >= 4 is 10.3 Å². The molecule has 5 nitrogen and oxygen atoms in total. The molecular weight excluding hydrogens is 324 g/mol. The number of hydrogen-bond acceptors (Lipinski definition) is 3. The molecule has 130 valence electrons. The molecule has 1 aliphatic heterocycles. The molecule has 2 aromatic carbocycles. The van der Waals surface area contributed by atoms with E-state index in [1.54, 1.807) is 0 Å². The maximum absolute atomic E-state index is 10.8. The molecular formula is C18H24N2O3S. The van der Waals surface area contributed by atoms with Crippen molar-refractivity contribution in [3.63, 3.8) is 0 Å². The van der Waals surface area contributed by atoms with Crippen molar-refractivity contribution in [2.24, 2.45) is 5.92 Å². The molecule has 1 heterocycles. The molecule has 0 aromatic heterocycles. The standard InChI is InChI=1S/C17H20N2O3S.CH4/c20-23(21,22)18-11-14-12-19(13-14)17(15-7-3-1-4-8-15)16-9-5-2-6-10-16;/h1-10,14,17-18H,11-13H2,(H,20,21,22);1H4. The van der Waals surface area contributed by atoms with Crippen LogP contribution in [0.5, 0.6) is 0 Å². The fourth-order valence-corrected chi connectivity index (χ4v) is 3.50. The highest BCUT2D eigenvalue weighted by atomic mass is 32.2. The van der Waals surface area contributed by atoms with Crippen molar-refractivity contribution in [2.45, 2.75) is 13.5 Å². The van der Waals surface area contributed by atoms with Gasteiger partial charge in [0.2, 0.25) is 0 Å². The minimum Gasteiger partial charge on any atom is -0.292 e. The minimum atomic E-state index is -4.11. The van der Waals surface area contributed by atoms with Crippen LogP contribution in [0.15, 0.2) is 60.7 Å². The number of likely N-dealkylation sites (tertiary alicyclic amines) is 1. The van der Waals surface area contributed by atoms with E-state index in [2.05, 4.69) is 33.9 Å². The van der Waals surface area contributed by atoms with E-state index < -0.39 is 10.3 Å². The Bertz CT molecular complexity index is 690. The monoisotopic (exact) mass is 348 g/mol. The number of benzene rings is 2. The van der Waals surface area contributed by atoms with Crippen molar-refractivity contribution < 1.29 is 13.0 Å². The molecule has 0 unspecified atom stereocenters. The van der Waals surface area contributed by atoms with Gasteiger partial charge in [0.05, 0.1) is 6.04 Å². The quantitative estimate of drug-likeness (QED) is 0.788.